The van der Waals surface area contributed by atoms with E-state index >= 15 is 0 Å². The third-order valence-electron chi connectivity index (χ3n) is 6.20. The summed E-state index contributed by atoms with van der Waals surface area (Å²) in [6.45, 7) is 4.13. The summed E-state index contributed by atoms with van der Waals surface area (Å²) in [6.07, 6.45) is 8.13. The lowest BCUT2D eigenvalue weighted by molar-refractivity contribution is 0.173. The molecular formula is C29H32N2O3S2. The van der Waals surface area contributed by atoms with Gasteiger partial charge in [0.2, 0.25) is 0 Å². The number of anilines is 1. The van der Waals surface area contributed by atoms with Crippen molar-refractivity contribution in [3.05, 3.63) is 77.6 Å². The minimum Gasteiger partial charge on any atom is -0.498 e. The molecule has 5 rings (SSSR count). The van der Waals surface area contributed by atoms with Crippen molar-refractivity contribution in [3.63, 3.8) is 0 Å². The summed E-state index contributed by atoms with van der Waals surface area (Å²) in [6, 6.07) is 16.5. The van der Waals surface area contributed by atoms with E-state index in [0.29, 0.717) is 11.5 Å². The quantitative estimate of drug-likeness (QED) is 0.263. The van der Waals surface area contributed by atoms with E-state index in [-0.39, 0.29) is 6.10 Å². The topological polar surface area (TPSA) is 43.8 Å². The Bertz CT molecular complexity index is 1400. The van der Waals surface area contributed by atoms with Crippen LogP contribution in [0.25, 0.3) is 21.0 Å². The average molecular weight is 521 g/mol. The summed E-state index contributed by atoms with van der Waals surface area (Å²) in [7, 11) is 5.27. The van der Waals surface area contributed by atoms with E-state index in [0.717, 1.165) is 39.6 Å². The Morgan fingerprint density at radius 2 is 1.92 bits per heavy atom. The van der Waals surface area contributed by atoms with Gasteiger partial charge in [0.1, 0.15) is 6.10 Å². The highest BCUT2D eigenvalue weighted by molar-refractivity contribution is 7.80. The molecule has 1 aliphatic rings. The maximum atomic E-state index is 5.48. The lowest BCUT2D eigenvalue weighted by atomic mass is 10.1. The maximum Gasteiger partial charge on any atom is 0.162 e. The Hall–Kier alpha value is -3.16. The maximum absolute atomic E-state index is 5.48. The Morgan fingerprint density at radius 1 is 1.17 bits per heavy atom. The molecule has 0 saturated carbocycles. The summed E-state index contributed by atoms with van der Waals surface area (Å²) in [5.41, 5.74) is 3.25. The van der Waals surface area contributed by atoms with Crippen molar-refractivity contribution in [3.8, 4) is 11.5 Å². The number of ether oxygens (including phenoxy) is 3. The number of fused-ring (bicyclic) bond motifs is 3. The van der Waals surface area contributed by atoms with Crippen LogP contribution in [0.3, 0.4) is 0 Å². The van der Waals surface area contributed by atoms with Crippen molar-refractivity contribution in [2.45, 2.75) is 37.7 Å². The second kappa shape index (κ2) is 11.7. The van der Waals surface area contributed by atoms with Gasteiger partial charge in [0, 0.05) is 41.9 Å². The van der Waals surface area contributed by atoms with Crippen molar-refractivity contribution in [1.29, 1.82) is 0 Å². The summed E-state index contributed by atoms with van der Waals surface area (Å²) in [5, 5.41) is 3.66. The summed E-state index contributed by atoms with van der Waals surface area (Å²) in [4.78, 5) is 7.49. The SMILES string of the molecule is COc1cc(S)c(N(C)C(C)=CCC2CC=CO2)cc1OC.Cc1nc2c(ccc3ccccc32)s1. The van der Waals surface area contributed by atoms with Gasteiger partial charge in [-0.25, -0.2) is 4.98 Å². The van der Waals surface area contributed by atoms with E-state index in [1.165, 1.54) is 15.5 Å². The van der Waals surface area contributed by atoms with Gasteiger partial charge in [0.15, 0.2) is 11.5 Å². The number of thiazole rings is 1. The first-order chi connectivity index (χ1) is 17.4. The minimum atomic E-state index is 0.254. The number of hydrogen-bond donors (Lipinski definition) is 1. The molecule has 188 valence electrons. The predicted molar refractivity (Wildman–Crippen MR) is 154 cm³/mol. The first kappa shape index (κ1) is 25.9. The van der Waals surface area contributed by atoms with Crippen molar-refractivity contribution < 1.29 is 14.2 Å². The van der Waals surface area contributed by atoms with Crippen LogP contribution in [0, 0.1) is 6.92 Å². The van der Waals surface area contributed by atoms with E-state index in [4.69, 9.17) is 14.2 Å². The average Bonchev–Trinajstić information content (AvgIpc) is 3.56. The third kappa shape index (κ3) is 5.79. The molecule has 5 nitrogen and oxygen atoms in total. The van der Waals surface area contributed by atoms with Crippen LogP contribution in [-0.4, -0.2) is 32.4 Å². The lowest BCUT2D eigenvalue weighted by Crippen LogP contribution is -2.16. The molecule has 1 aliphatic heterocycles. The summed E-state index contributed by atoms with van der Waals surface area (Å²) in [5.74, 6) is 1.37. The number of hydrogen-bond acceptors (Lipinski definition) is 7. The van der Waals surface area contributed by atoms with Crippen LogP contribution in [0.15, 0.2) is 77.5 Å². The van der Waals surface area contributed by atoms with E-state index in [1.54, 1.807) is 31.8 Å². The van der Waals surface area contributed by atoms with Gasteiger partial charge in [-0.15, -0.1) is 24.0 Å². The van der Waals surface area contributed by atoms with Crippen molar-refractivity contribution >= 4 is 50.6 Å². The van der Waals surface area contributed by atoms with Gasteiger partial charge in [0.25, 0.3) is 0 Å². The molecule has 1 aromatic heterocycles. The lowest BCUT2D eigenvalue weighted by Gasteiger charge is -2.23. The minimum absolute atomic E-state index is 0.254. The van der Waals surface area contributed by atoms with Crippen molar-refractivity contribution in [2.75, 3.05) is 26.2 Å². The van der Waals surface area contributed by atoms with Crippen LogP contribution in [-0.2, 0) is 4.74 Å². The van der Waals surface area contributed by atoms with Gasteiger partial charge in [0.05, 0.1) is 41.4 Å². The molecule has 3 aromatic carbocycles. The zero-order valence-corrected chi connectivity index (χ0v) is 23.0. The third-order valence-corrected chi connectivity index (χ3v) is 7.50. The monoisotopic (exact) mass is 520 g/mol. The molecule has 36 heavy (non-hydrogen) atoms. The molecular weight excluding hydrogens is 488 g/mol. The zero-order chi connectivity index (χ0) is 25.7. The summed E-state index contributed by atoms with van der Waals surface area (Å²) >= 11 is 6.31. The van der Waals surface area contributed by atoms with Crippen LogP contribution in [0.5, 0.6) is 11.5 Å². The highest BCUT2D eigenvalue weighted by Crippen LogP contribution is 2.37. The van der Waals surface area contributed by atoms with Gasteiger partial charge >= 0.3 is 0 Å². The number of benzene rings is 3. The van der Waals surface area contributed by atoms with E-state index in [9.17, 15) is 0 Å². The van der Waals surface area contributed by atoms with Crippen LogP contribution in [0.4, 0.5) is 5.69 Å². The van der Waals surface area contributed by atoms with Crippen molar-refractivity contribution in [2.24, 2.45) is 0 Å². The number of rotatable bonds is 6. The van der Waals surface area contributed by atoms with E-state index in [1.807, 2.05) is 19.2 Å². The van der Waals surface area contributed by atoms with Gasteiger partial charge < -0.3 is 19.1 Å². The molecule has 0 bridgehead atoms. The van der Waals surface area contributed by atoms with Crippen LogP contribution in [0.2, 0.25) is 0 Å². The number of aromatic nitrogens is 1. The molecule has 4 aromatic rings. The molecule has 1 unspecified atom stereocenters. The van der Waals surface area contributed by atoms with Crippen LogP contribution < -0.4 is 14.4 Å². The Balaban J connectivity index is 0.000000185. The molecule has 0 N–H and O–H groups in total. The molecule has 0 amide bonds. The Labute approximate surface area is 222 Å². The number of nitrogens with zero attached hydrogens (tertiary/aromatic N) is 2. The second-order valence-corrected chi connectivity index (χ2v) is 10.3. The molecule has 0 radical (unpaired) electrons. The van der Waals surface area contributed by atoms with E-state index in [2.05, 4.69) is 84.9 Å². The van der Waals surface area contributed by atoms with Crippen LogP contribution in [0.1, 0.15) is 24.8 Å². The first-order valence-corrected chi connectivity index (χ1v) is 13.1. The molecule has 0 aliphatic carbocycles. The molecule has 2 heterocycles. The number of allylic oxidation sites excluding steroid dienone is 1. The van der Waals surface area contributed by atoms with E-state index < -0.39 is 0 Å². The van der Waals surface area contributed by atoms with Gasteiger partial charge in [-0.05, 0) is 37.4 Å². The number of aryl methyl sites for hydroxylation is 1. The fourth-order valence-electron chi connectivity index (χ4n) is 4.11. The molecule has 0 spiro atoms. The smallest absolute Gasteiger partial charge is 0.162 e. The fourth-order valence-corrected chi connectivity index (χ4v) is 5.28. The second-order valence-electron chi connectivity index (χ2n) is 8.57. The zero-order valence-electron chi connectivity index (χ0n) is 21.3. The van der Waals surface area contributed by atoms with Crippen LogP contribution >= 0.6 is 24.0 Å². The van der Waals surface area contributed by atoms with Gasteiger partial charge in [-0.1, -0.05) is 36.4 Å². The normalized spacial score (nSPS) is 14.9. The molecule has 7 heteroatoms. The molecule has 1 atom stereocenters. The Morgan fingerprint density at radius 3 is 2.64 bits per heavy atom. The van der Waals surface area contributed by atoms with Crippen molar-refractivity contribution in [1.82, 2.24) is 4.98 Å². The first-order valence-electron chi connectivity index (χ1n) is 11.8. The Kier molecular flexibility index (Phi) is 8.44. The molecule has 0 fully saturated rings. The highest BCUT2D eigenvalue weighted by atomic mass is 32.1. The summed E-state index contributed by atoms with van der Waals surface area (Å²) < 4.78 is 17.4. The highest BCUT2D eigenvalue weighted by Gasteiger charge is 2.15. The largest absolute Gasteiger partial charge is 0.498 e. The number of methoxy groups -OCH3 is 2. The number of thiol groups is 1. The van der Waals surface area contributed by atoms with Gasteiger partial charge in [-0.2, -0.15) is 0 Å². The molecule has 0 saturated heterocycles. The standard InChI is InChI=1S/C17H23NO3S.C12H9NS/c1-12(7-8-13-6-5-9-21-13)18(2)14-10-15(19-3)16(20-4)11-17(14)22;1-8-13-12-10-5-3-2-4-9(10)6-7-11(12)14-8/h5,7,9-11,13,22H,6,8H2,1-4H3;2-7H,1H3. The fraction of sp³-hybridized carbons (Fsp3) is 0.276. The van der Waals surface area contributed by atoms with Gasteiger partial charge in [-0.3, -0.25) is 0 Å². The predicted octanol–water partition coefficient (Wildman–Crippen LogP) is 7.78.